The van der Waals surface area contributed by atoms with E-state index in [2.05, 4.69) is 19.2 Å². The predicted molar refractivity (Wildman–Crippen MR) is 120 cm³/mol. The molecular formula is C23H28N2O3S. The fourth-order valence-electron chi connectivity index (χ4n) is 3.06. The second-order valence-corrected chi connectivity index (χ2v) is 9.31. The highest BCUT2D eigenvalue weighted by atomic mass is 32.1. The summed E-state index contributed by atoms with van der Waals surface area (Å²) in [6.07, 6.45) is 4.19. The number of nitrogens with zero attached hydrogens (tertiary/aromatic N) is 1. The van der Waals surface area contributed by atoms with Crippen molar-refractivity contribution in [2.75, 3.05) is 23.4 Å². The Hall–Kier alpha value is -2.60. The zero-order valence-corrected chi connectivity index (χ0v) is 18.2. The second kappa shape index (κ2) is 8.82. The molecule has 0 aliphatic carbocycles. The molecule has 2 heterocycles. The Kier molecular flexibility index (Phi) is 6.42. The summed E-state index contributed by atoms with van der Waals surface area (Å²) in [5.74, 6) is 0.967. The van der Waals surface area contributed by atoms with Crippen molar-refractivity contribution < 1.29 is 14.3 Å². The summed E-state index contributed by atoms with van der Waals surface area (Å²) in [7, 11) is 0. The van der Waals surface area contributed by atoms with Gasteiger partial charge in [0.2, 0.25) is 11.8 Å². The highest BCUT2D eigenvalue weighted by Gasteiger charge is 2.37. The average molecular weight is 413 g/mol. The van der Waals surface area contributed by atoms with Crippen molar-refractivity contribution in [1.82, 2.24) is 0 Å². The lowest BCUT2D eigenvalue weighted by Crippen LogP contribution is -2.42. The Bertz CT molecular complexity index is 901. The van der Waals surface area contributed by atoms with E-state index in [1.807, 2.05) is 43.5 Å². The lowest BCUT2D eigenvalue weighted by molar-refractivity contribution is -0.127. The van der Waals surface area contributed by atoms with Crippen LogP contribution in [0.4, 0.5) is 11.4 Å². The van der Waals surface area contributed by atoms with E-state index in [1.165, 1.54) is 6.08 Å². The first-order chi connectivity index (χ1) is 13.8. The first-order valence-corrected chi connectivity index (χ1v) is 10.8. The lowest BCUT2D eigenvalue weighted by atomic mass is 9.92. The highest BCUT2D eigenvalue weighted by molar-refractivity contribution is 7.10. The van der Waals surface area contributed by atoms with Crippen LogP contribution in [-0.4, -0.2) is 25.0 Å². The molecule has 1 aromatic heterocycles. The molecule has 1 aromatic carbocycles. The molecule has 1 aliphatic heterocycles. The largest absolute Gasteiger partial charge is 0.490 e. The van der Waals surface area contributed by atoms with Gasteiger partial charge < -0.3 is 15.0 Å². The van der Waals surface area contributed by atoms with Crippen molar-refractivity contribution in [1.29, 1.82) is 0 Å². The summed E-state index contributed by atoms with van der Waals surface area (Å²) in [6, 6.07) is 9.35. The fourth-order valence-corrected chi connectivity index (χ4v) is 3.68. The molecule has 5 nitrogen and oxygen atoms in total. The number of hydrogen-bond acceptors (Lipinski definition) is 4. The Morgan fingerprint density at radius 1 is 1.34 bits per heavy atom. The number of anilines is 2. The average Bonchev–Trinajstić information content (AvgIpc) is 3.16. The Morgan fingerprint density at radius 3 is 2.83 bits per heavy atom. The van der Waals surface area contributed by atoms with Crippen LogP contribution in [-0.2, 0) is 9.59 Å². The third-order valence-electron chi connectivity index (χ3n) is 4.80. The quantitative estimate of drug-likeness (QED) is 0.664. The van der Waals surface area contributed by atoms with Gasteiger partial charge in [-0.15, -0.1) is 11.3 Å². The molecule has 0 radical (unpaired) electrons. The number of thiophene rings is 1. The summed E-state index contributed by atoms with van der Waals surface area (Å²) in [5, 5.41) is 4.85. The van der Waals surface area contributed by atoms with E-state index in [0.29, 0.717) is 36.2 Å². The molecule has 0 fully saturated rings. The van der Waals surface area contributed by atoms with Crippen LogP contribution in [0.25, 0.3) is 6.08 Å². The third-order valence-corrected chi connectivity index (χ3v) is 5.64. The molecule has 0 unspecified atom stereocenters. The minimum absolute atomic E-state index is 0.0398. The zero-order valence-electron chi connectivity index (χ0n) is 17.4. The lowest BCUT2D eigenvalue weighted by Gasteiger charge is -2.28. The summed E-state index contributed by atoms with van der Waals surface area (Å²) in [6.45, 7) is 9.03. The van der Waals surface area contributed by atoms with E-state index < -0.39 is 5.41 Å². The summed E-state index contributed by atoms with van der Waals surface area (Å²) < 4.78 is 5.94. The Morgan fingerprint density at radius 2 is 2.14 bits per heavy atom. The molecule has 0 bridgehead atoms. The van der Waals surface area contributed by atoms with Crippen LogP contribution in [0.2, 0.25) is 0 Å². The van der Waals surface area contributed by atoms with Gasteiger partial charge in [0.25, 0.3) is 0 Å². The molecule has 0 atom stereocenters. The maximum absolute atomic E-state index is 13.2. The standard InChI is InChI=1S/C23H28N2O3S/c1-16(2)11-12-25-19-14-17(24-21(26)10-8-18-6-5-13-29-18)7-9-20(19)28-15-23(3,4)22(25)27/h5-10,13-14,16H,11-12,15H2,1-4H3,(H,24,26)/b10-8+. The number of amides is 2. The van der Waals surface area contributed by atoms with Gasteiger partial charge in [-0.1, -0.05) is 19.9 Å². The van der Waals surface area contributed by atoms with Crippen molar-refractivity contribution in [3.63, 3.8) is 0 Å². The van der Waals surface area contributed by atoms with E-state index in [0.717, 1.165) is 11.3 Å². The molecule has 0 spiro atoms. The molecule has 154 valence electrons. The Balaban J connectivity index is 1.84. The maximum Gasteiger partial charge on any atom is 0.248 e. The highest BCUT2D eigenvalue weighted by Crippen LogP contribution is 2.38. The predicted octanol–water partition coefficient (Wildman–Crippen LogP) is 5.20. The number of benzene rings is 1. The number of nitrogens with one attached hydrogen (secondary N) is 1. The monoisotopic (exact) mass is 412 g/mol. The topological polar surface area (TPSA) is 58.6 Å². The normalized spacial score (nSPS) is 15.9. The van der Waals surface area contributed by atoms with Crippen molar-refractivity contribution >= 4 is 40.6 Å². The fraction of sp³-hybridized carbons (Fsp3) is 0.391. The van der Waals surface area contributed by atoms with Crippen molar-refractivity contribution in [2.45, 2.75) is 34.1 Å². The number of carbonyl (C=O) groups is 2. The smallest absolute Gasteiger partial charge is 0.248 e. The number of hydrogen-bond donors (Lipinski definition) is 1. The first kappa shape index (κ1) is 21.1. The van der Waals surface area contributed by atoms with Gasteiger partial charge in [0.1, 0.15) is 12.4 Å². The number of ether oxygens (including phenoxy) is 1. The van der Waals surface area contributed by atoms with Crippen LogP contribution in [0.1, 0.15) is 39.0 Å². The van der Waals surface area contributed by atoms with Gasteiger partial charge in [-0.05, 0) is 61.9 Å². The second-order valence-electron chi connectivity index (χ2n) is 8.33. The van der Waals surface area contributed by atoms with Crippen LogP contribution in [0.15, 0.2) is 41.8 Å². The molecule has 2 amide bonds. The van der Waals surface area contributed by atoms with Crippen LogP contribution >= 0.6 is 11.3 Å². The van der Waals surface area contributed by atoms with E-state index in [-0.39, 0.29) is 11.8 Å². The van der Waals surface area contributed by atoms with Gasteiger partial charge in [-0.2, -0.15) is 0 Å². The molecule has 0 saturated heterocycles. The van der Waals surface area contributed by atoms with Crippen LogP contribution in [0, 0.1) is 11.3 Å². The van der Waals surface area contributed by atoms with Gasteiger partial charge in [0.05, 0.1) is 11.1 Å². The van der Waals surface area contributed by atoms with E-state index in [9.17, 15) is 9.59 Å². The van der Waals surface area contributed by atoms with Gasteiger partial charge in [-0.25, -0.2) is 0 Å². The first-order valence-electron chi connectivity index (χ1n) is 9.87. The van der Waals surface area contributed by atoms with E-state index in [4.69, 9.17) is 4.74 Å². The number of carbonyl (C=O) groups excluding carboxylic acids is 2. The molecule has 2 aromatic rings. The Labute approximate surface area is 176 Å². The van der Waals surface area contributed by atoms with Gasteiger partial charge in [0, 0.05) is 23.2 Å². The zero-order chi connectivity index (χ0) is 21.0. The summed E-state index contributed by atoms with van der Waals surface area (Å²) >= 11 is 1.57. The molecule has 1 N–H and O–H groups in total. The molecule has 0 saturated carbocycles. The van der Waals surface area contributed by atoms with Crippen LogP contribution in [0.3, 0.4) is 0 Å². The summed E-state index contributed by atoms with van der Waals surface area (Å²) in [5.41, 5.74) is 0.736. The van der Waals surface area contributed by atoms with E-state index in [1.54, 1.807) is 28.4 Å². The van der Waals surface area contributed by atoms with Gasteiger partial charge in [0.15, 0.2) is 0 Å². The number of rotatable bonds is 6. The molecular weight excluding hydrogens is 384 g/mol. The molecule has 1 aliphatic rings. The maximum atomic E-state index is 13.2. The molecule has 6 heteroatoms. The third kappa shape index (κ3) is 5.26. The van der Waals surface area contributed by atoms with Crippen LogP contribution in [0.5, 0.6) is 5.75 Å². The van der Waals surface area contributed by atoms with E-state index >= 15 is 0 Å². The van der Waals surface area contributed by atoms with Crippen molar-refractivity contribution in [3.05, 3.63) is 46.7 Å². The van der Waals surface area contributed by atoms with Crippen molar-refractivity contribution in [2.24, 2.45) is 11.3 Å². The van der Waals surface area contributed by atoms with Gasteiger partial charge in [-0.3, -0.25) is 9.59 Å². The van der Waals surface area contributed by atoms with Crippen molar-refractivity contribution in [3.8, 4) is 5.75 Å². The molecule has 3 rings (SSSR count). The SMILES string of the molecule is CC(C)CCN1C(=O)C(C)(C)COc2ccc(NC(=O)/C=C/c3cccs3)cc21. The summed E-state index contributed by atoms with van der Waals surface area (Å²) in [4.78, 5) is 28.3. The number of fused-ring (bicyclic) bond motifs is 1. The minimum Gasteiger partial charge on any atom is -0.490 e. The van der Waals surface area contributed by atoms with Crippen LogP contribution < -0.4 is 15.0 Å². The minimum atomic E-state index is -0.608. The van der Waals surface area contributed by atoms with Gasteiger partial charge >= 0.3 is 0 Å². The molecule has 29 heavy (non-hydrogen) atoms.